The zero-order chi connectivity index (χ0) is 13.1. The average molecular weight is 279 g/mol. The number of thiophene rings is 1. The first kappa shape index (κ1) is 12.8. The van der Waals surface area contributed by atoms with Crippen LogP contribution >= 0.6 is 11.3 Å². The predicted molar refractivity (Wildman–Crippen MR) is 72.7 cm³/mol. The van der Waals surface area contributed by atoms with Crippen LogP contribution in [0, 0.1) is 0 Å². The van der Waals surface area contributed by atoms with E-state index in [0.717, 1.165) is 5.56 Å². The molecule has 19 heavy (non-hydrogen) atoms. The highest BCUT2D eigenvalue weighted by molar-refractivity contribution is 7.08. The highest BCUT2D eigenvalue weighted by Crippen LogP contribution is 2.26. The van der Waals surface area contributed by atoms with Crippen molar-refractivity contribution in [2.45, 2.75) is 31.8 Å². The van der Waals surface area contributed by atoms with Gasteiger partial charge >= 0.3 is 0 Å². The molecule has 0 spiro atoms. The molecular weight excluding hydrogens is 262 g/mol. The molecule has 0 unspecified atom stereocenters. The number of hydrogen-bond acceptors (Lipinski definition) is 6. The van der Waals surface area contributed by atoms with Crippen molar-refractivity contribution in [2.75, 3.05) is 13.2 Å². The summed E-state index contributed by atoms with van der Waals surface area (Å²) in [7, 11) is 0. The Balaban J connectivity index is 1.68. The smallest absolute Gasteiger partial charge is 0.241 e. The molecule has 0 amide bonds. The van der Waals surface area contributed by atoms with Crippen molar-refractivity contribution < 1.29 is 9.63 Å². The van der Waals surface area contributed by atoms with E-state index >= 15 is 0 Å². The molecule has 1 saturated carbocycles. The minimum atomic E-state index is 0.169. The van der Waals surface area contributed by atoms with Crippen molar-refractivity contribution in [1.82, 2.24) is 15.0 Å². The molecule has 1 aliphatic carbocycles. The molecular formula is C13H17N3O2S. The van der Waals surface area contributed by atoms with E-state index in [0.29, 0.717) is 30.8 Å². The first-order valence-electron chi connectivity index (χ1n) is 6.57. The Morgan fingerprint density at radius 2 is 2.37 bits per heavy atom. The molecule has 2 heterocycles. The van der Waals surface area contributed by atoms with Gasteiger partial charge in [0, 0.05) is 23.5 Å². The maximum Gasteiger partial charge on any atom is 0.241 e. The summed E-state index contributed by atoms with van der Waals surface area (Å²) in [6, 6.07) is 2.54. The third kappa shape index (κ3) is 2.86. The molecule has 0 atom stereocenters. The minimum absolute atomic E-state index is 0.169. The van der Waals surface area contributed by atoms with Gasteiger partial charge in [0.1, 0.15) is 0 Å². The number of aromatic nitrogens is 2. The van der Waals surface area contributed by atoms with Crippen LogP contribution in [0.25, 0.3) is 11.4 Å². The highest BCUT2D eigenvalue weighted by Gasteiger charge is 2.26. The topological polar surface area (TPSA) is 62.4 Å². The normalized spacial score (nSPS) is 15.9. The maximum atomic E-state index is 9.13. The van der Waals surface area contributed by atoms with Gasteiger partial charge in [-0.25, -0.2) is 0 Å². The van der Waals surface area contributed by atoms with Crippen LogP contribution in [0.1, 0.15) is 25.2 Å². The third-order valence-electron chi connectivity index (χ3n) is 3.56. The van der Waals surface area contributed by atoms with Crippen LogP contribution in [-0.2, 0) is 6.54 Å². The van der Waals surface area contributed by atoms with Gasteiger partial charge in [0.25, 0.3) is 0 Å². The van der Waals surface area contributed by atoms with Crippen molar-refractivity contribution in [3.8, 4) is 11.4 Å². The average Bonchev–Trinajstić information content (AvgIpc) is 2.95. The van der Waals surface area contributed by atoms with Crippen LogP contribution in [0.4, 0.5) is 0 Å². The zero-order valence-corrected chi connectivity index (χ0v) is 11.5. The first-order chi connectivity index (χ1) is 9.36. The van der Waals surface area contributed by atoms with Crippen LogP contribution in [0.2, 0.25) is 0 Å². The van der Waals surface area contributed by atoms with E-state index in [-0.39, 0.29) is 6.61 Å². The molecule has 2 aromatic heterocycles. The third-order valence-corrected chi connectivity index (χ3v) is 4.25. The van der Waals surface area contributed by atoms with Crippen molar-refractivity contribution >= 4 is 11.3 Å². The monoisotopic (exact) mass is 279 g/mol. The van der Waals surface area contributed by atoms with Gasteiger partial charge in [-0.2, -0.15) is 16.3 Å². The Kier molecular flexibility index (Phi) is 3.91. The molecule has 102 valence electrons. The van der Waals surface area contributed by atoms with Gasteiger partial charge < -0.3 is 9.63 Å². The molecule has 5 nitrogen and oxygen atoms in total. The van der Waals surface area contributed by atoms with E-state index in [4.69, 9.17) is 9.63 Å². The fourth-order valence-corrected chi connectivity index (χ4v) is 2.91. The van der Waals surface area contributed by atoms with Gasteiger partial charge in [-0.1, -0.05) is 11.6 Å². The van der Waals surface area contributed by atoms with Crippen molar-refractivity contribution in [3.63, 3.8) is 0 Å². The summed E-state index contributed by atoms with van der Waals surface area (Å²) in [6.45, 7) is 1.46. The molecule has 2 aromatic rings. The summed E-state index contributed by atoms with van der Waals surface area (Å²) >= 11 is 1.62. The van der Waals surface area contributed by atoms with Gasteiger partial charge in [-0.15, -0.1) is 0 Å². The second kappa shape index (κ2) is 5.81. The minimum Gasteiger partial charge on any atom is -0.395 e. The summed E-state index contributed by atoms with van der Waals surface area (Å²) < 4.78 is 5.30. The quantitative estimate of drug-likeness (QED) is 0.877. The Morgan fingerprint density at radius 3 is 3.00 bits per heavy atom. The lowest BCUT2D eigenvalue weighted by molar-refractivity contribution is 0.0838. The summed E-state index contributed by atoms with van der Waals surface area (Å²) in [5, 5.41) is 17.1. The molecule has 0 saturated heterocycles. The molecule has 1 N–H and O–H groups in total. The first-order valence-corrected chi connectivity index (χ1v) is 7.51. The van der Waals surface area contributed by atoms with Crippen LogP contribution in [0.3, 0.4) is 0 Å². The standard InChI is InChI=1S/C13H17N3O2S/c17-6-5-16(11-2-1-3-11)8-12-14-13(15-18-12)10-4-7-19-9-10/h4,7,9,11,17H,1-3,5-6,8H2. The molecule has 0 radical (unpaired) electrons. The van der Waals surface area contributed by atoms with Crippen LogP contribution in [0.5, 0.6) is 0 Å². The van der Waals surface area contributed by atoms with Gasteiger partial charge in [0.15, 0.2) is 0 Å². The summed E-state index contributed by atoms with van der Waals surface area (Å²) in [6.07, 6.45) is 3.67. The number of rotatable bonds is 6. The lowest BCUT2D eigenvalue weighted by Crippen LogP contribution is -2.41. The molecule has 3 rings (SSSR count). The number of aliphatic hydroxyl groups is 1. The van der Waals surface area contributed by atoms with Crippen molar-refractivity contribution in [3.05, 3.63) is 22.7 Å². The molecule has 1 aliphatic rings. The highest BCUT2D eigenvalue weighted by atomic mass is 32.1. The zero-order valence-electron chi connectivity index (χ0n) is 10.7. The van der Waals surface area contributed by atoms with E-state index in [9.17, 15) is 0 Å². The maximum absolute atomic E-state index is 9.13. The SMILES string of the molecule is OCCN(Cc1nc(-c2ccsc2)no1)C1CCC1. The second-order valence-corrected chi connectivity index (χ2v) is 5.58. The van der Waals surface area contributed by atoms with E-state index in [2.05, 4.69) is 15.0 Å². The van der Waals surface area contributed by atoms with Gasteiger partial charge in [-0.05, 0) is 24.3 Å². The van der Waals surface area contributed by atoms with Crippen molar-refractivity contribution in [1.29, 1.82) is 0 Å². The van der Waals surface area contributed by atoms with Gasteiger partial charge in [0.2, 0.25) is 11.7 Å². The Hall–Kier alpha value is -1.24. The summed E-state index contributed by atoms with van der Waals surface area (Å²) in [5.41, 5.74) is 0.998. The molecule has 0 bridgehead atoms. The Labute approximate surface area is 115 Å². The van der Waals surface area contributed by atoms with Gasteiger partial charge in [0.05, 0.1) is 13.2 Å². The summed E-state index contributed by atoms with van der Waals surface area (Å²) in [5.74, 6) is 1.27. The van der Waals surface area contributed by atoms with E-state index in [1.54, 1.807) is 11.3 Å². The number of nitrogens with zero attached hydrogens (tertiary/aromatic N) is 3. The lowest BCUT2D eigenvalue weighted by atomic mass is 9.91. The number of hydrogen-bond donors (Lipinski definition) is 1. The molecule has 0 aromatic carbocycles. The van der Waals surface area contributed by atoms with E-state index in [1.807, 2.05) is 16.8 Å². The van der Waals surface area contributed by atoms with Gasteiger partial charge in [-0.3, -0.25) is 4.90 Å². The van der Waals surface area contributed by atoms with E-state index < -0.39 is 0 Å². The van der Waals surface area contributed by atoms with Crippen molar-refractivity contribution in [2.24, 2.45) is 0 Å². The van der Waals surface area contributed by atoms with Crippen LogP contribution in [0.15, 0.2) is 21.3 Å². The second-order valence-electron chi connectivity index (χ2n) is 4.80. The van der Waals surface area contributed by atoms with Crippen LogP contribution in [-0.4, -0.2) is 39.3 Å². The molecule has 6 heteroatoms. The molecule has 0 aliphatic heterocycles. The van der Waals surface area contributed by atoms with E-state index in [1.165, 1.54) is 19.3 Å². The summed E-state index contributed by atoms with van der Waals surface area (Å²) in [4.78, 5) is 6.65. The fourth-order valence-electron chi connectivity index (χ4n) is 2.27. The lowest BCUT2D eigenvalue weighted by Gasteiger charge is -2.36. The Morgan fingerprint density at radius 1 is 1.47 bits per heavy atom. The largest absolute Gasteiger partial charge is 0.395 e. The van der Waals surface area contributed by atoms with Crippen LogP contribution < -0.4 is 0 Å². The Bertz CT molecular complexity index is 508. The molecule has 1 fully saturated rings. The fraction of sp³-hybridized carbons (Fsp3) is 0.538. The predicted octanol–water partition coefficient (Wildman–Crippen LogP) is 2.14. The number of aliphatic hydroxyl groups excluding tert-OH is 1.